The quantitative estimate of drug-likeness (QED) is 0.543. The number of hydrogen-bond donors (Lipinski definition) is 1. The minimum absolute atomic E-state index is 0.148. The topological polar surface area (TPSA) is 50.8 Å². The first-order chi connectivity index (χ1) is 12.1. The Balaban J connectivity index is 2.32. The monoisotopic (exact) mass is 350 g/mol. The number of nitrogens with one attached hydrogen (secondary N) is 1. The van der Waals surface area contributed by atoms with Gasteiger partial charge in [0.1, 0.15) is 11.9 Å². The van der Waals surface area contributed by atoms with E-state index in [0.29, 0.717) is 5.69 Å². The summed E-state index contributed by atoms with van der Waals surface area (Å²) >= 11 is 0. The van der Waals surface area contributed by atoms with Crippen LogP contribution < -0.4 is 10.1 Å². The maximum absolute atomic E-state index is 12.0. The Morgan fingerprint density at radius 1 is 1.08 bits per heavy atom. The molecule has 0 aliphatic heterocycles. The Morgan fingerprint density at radius 3 is 2.36 bits per heavy atom. The fourth-order valence-corrected chi connectivity index (χ4v) is 2.57. The average Bonchev–Trinajstić information content (AvgIpc) is 2.60. The Kier molecular flexibility index (Phi) is 10.7. The van der Waals surface area contributed by atoms with E-state index in [4.69, 9.17) is 9.47 Å². The number of likely N-dealkylation sites (N-methyl/N-ethyl adjacent to an activating group) is 1. The summed E-state index contributed by atoms with van der Waals surface area (Å²) in [5.74, 6) is 0.824. The van der Waals surface area contributed by atoms with E-state index in [9.17, 15) is 4.79 Å². The van der Waals surface area contributed by atoms with Gasteiger partial charge in [-0.2, -0.15) is 0 Å². The fourth-order valence-electron chi connectivity index (χ4n) is 2.57. The molecule has 0 aliphatic carbocycles. The third-order valence-corrected chi connectivity index (χ3v) is 4.09. The highest BCUT2D eigenvalue weighted by Crippen LogP contribution is 2.16. The summed E-state index contributed by atoms with van der Waals surface area (Å²) in [6, 6.07) is 7.40. The van der Waals surface area contributed by atoms with Crippen molar-refractivity contribution in [3.63, 3.8) is 0 Å². The van der Waals surface area contributed by atoms with Gasteiger partial charge in [0.05, 0.1) is 6.61 Å². The van der Waals surface area contributed by atoms with E-state index in [1.807, 2.05) is 31.2 Å². The van der Waals surface area contributed by atoms with Crippen LogP contribution in [0.2, 0.25) is 0 Å². The van der Waals surface area contributed by atoms with Crippen LogP contribution in [0.25, 0.3) is 0 Å². The van der Waals surface area contributed by atoms with Gasteiger partial charge in [-0.1, -0.05) is 40.0 Å². The number of hydrogen-bond acceptors (Lipinski definition) is 4. The van der Waals surface area contributed by atoms with Crippen molar-refractivity contribution in [2.45, 2.75) is 59.5 Å². The number of carbonyl (C=O) groups is 1. The van der Waals surface area contributed by atoms with Crippen molar-refractivity contribution in [3.05, 3.63) is 24.3 Å². The number of ether oxygens (including phenoxy) is 2. The summed E-state index contributed by atoms with van der Waals surface area (Å²) in [5.41, 5.74) is 0.707. The molecular formula is C20H34N2O3. The van der Waals surface area contributed by atoms with Crippen molar-refractivity contribution in [2.24, 2.45) is 0 Å². The zero-order valence-electron chi connectivity index (χ0n) is 16.2. The second-order valence-electron chi connectivity index (χ2n) is 6.26. The van der Waals surface area contributed by atoms with Gasteiger partial charge in [-0.3, -0.25) is 5.32 Å². The number of carbonyl (C=O) groups excluding carboxylic acids is 1. The molecule has 5 heteroatoms. The first-order valence-corrected chi connectivity index (χ1v) is 9.51. The summed E-state index contributed by atoms with van der Waals surface area (Å²) in [7, 11) is 0. The van der Waals surface area contributed by atoms with Gasteiger partial charge in [0, 0.05) is 12.2 Å². The third kappa shape index (κ3) is 9.34. The normalized spacial score (nSPS) is 12.0. The number of rotatable bonds is 12. The lowest BCUT2D eigenvalue weighted by Crippen LogP contribution is -2.34. The van der Waals surface area contributed by atoms with Crippen molar-refractivity contribution in [2.75, 3.05) is 31.6 Å². The summed E-state index contributed by atoms with van der Waals surface area (Å²) in [6.07, 6.45) is 4.18. The third-order valence-electron chi connectivity index (χ3n) is 4.09. The molecule has 1 amide bonds. The van der Waals surface area contributed by atoms with E-state index in [0.717, 1.165) is 38.4 Å². The van der Waals surface area contributed by atoms with Crippen LogP contribution in [0.4, 0.5) is 10.5 Å². The number of unbranched alkanes of at least 4 members (excludes halogenated alkanes) is 3. The van der Waals surface area contributed by atoms with Gasteiger partial charge in [-0.25, -0.2) is 4.79 Å². The van der Waals surface area contributed by atoms with Crippen LogP contribution >= 0.6 is 0 Å². The standard InChI is InChI=1S/C20H34N2O3/c1-5-8-9-10-15-24-19-13-11-18(12-14-19)21-20(23)25-17(4)16-22(6-2)7-3/h11-14,17H,5-10,15-16H2,1-4H3,(H,21,23). The van der Waals surface area contributed by atoms with E-state index in [1.54, 1.807) is 0 Å². The Bertz CT molecular complexity index is 472. The summed E-state index contributed by atoms with van der Waals surface area (Å²) < 4.78 is 11.1. The Morgan fingerprint density at radius 2 is 1.76 bits per heavy atom. The van der Waals surface area contributed by atoms with Crippen LogP contribution in [0.5, 0.6) is 5.75 Å². The van der Waals surface area contributed by atoms with Crippen LogP contribution in [-0.2, 0) is 4.74 Å². The molecule has 0 aromatic heterocycles. The molecular weight excluding hydrogens is 316 g/mol. The van der Waals surface area contributed by atoms with Gasteiger partial charge in [-0.15, -0.1) is 0 Å². The molecule has 1 aromatic carbocycles. The second kappa shape index (κ2) is 12.6. The molecule has 25 heavy (non-hydrogen) atoms. The van der Waals surface area contributed by atoms with Crippen LogP contribution in [0.3, 0.4) is 0 Å². The minimum atomic E-state index is -0.423. The van der Waals surface area contributed by atoms with Gasteiger partial charge in [-0.05, 0) is 50.7 Å². The predicted molar refractivity (Wildman–Crippen MR) is 103 cm³/mol. The van der Waals surface area contributed by atoms with E-state index >= 15 is 0 Å². The first kappa shape index (κ1) is 21.3. The highest BCUT2D eigenvalue weighted by molar-refractivity contribution is 5.84. The maximum atomic E-state index is 12.0. The van der Waals surface area contributed by atoms with Crippen LogP contribution in [0.15, 0.2) is 24.3 Å². The molecule has 1 rings (SSSR count). The fraction of sp³-hybridized carbons (Fsp3) is 0.650. The lowest BCUT2D eigenvalue weighted by atomic mass is 10.2. The average molecular weight is 351 g/mol. The van der Waals surface area contributed by atoms with E-state index in [-0.39, 0.29) is 6.10 Å². The van der Waals surface area contributed by atoms with E-state index in [1.165, 1.54) is 19.3 Å². The number of anilines is 1. The molecule has 5 nitrogen and oxygen atoms in total. The van der Waals surface area contributed by atoms with Crippen molar-refractivity contribution in [1.29, 1.82) is 0 Å². The van der Waals surface area contributed by atoms with Gasteiger partial charge in [0.2, 0.25) is 0 Å². The van der Waals surface area contributed by atoms with Crippen LogP contribution in [-0.4, -0.2) is 43.3 Å². The number of amides is 1. The Hall–Kier alpha value is -1.75. The van der Waals surface area contributed by atoms with E-state index in [2.05, 4.69) is 31.0 Å². The summed E-state index contributed by atoms with van der Waals surface area (Å²) in [6.45, 7) is 11.7. The number of nitrogens with zero attached hydrogens (tertiary/aromatic N) is 1. The summed E-state index contributed by atoms with van der Waals surface area (Å²) in [4.78, 5) is 14.2. The molecule has 0 aliphatic rings. The molecule has 1 unspecified atom stereocenters. The molecule has 0 saturated carbocycles. The molecule has 0 spiro atoms. The molecule has 0 bridgehead atoms. The molecule has 0 radical (unpaired) electrons. The lowest BCUT2D eigenvalue weighted by Gasteiger charge is -2.22. The van der Waals surface area contributed by atoms with Crippen molar-refractivity contribution >= 4 is 11.8 Å². The zero-order valence-corrected chi connectivity index (χ0v) is 16.2. The zero-order chi connectivity index (χ0) is 18.5. The smallest absolute Gasteiger partial charge is 0.411 e. The van der Waals surface area contributed by atoms with Gasteiger partial charge < -0.3 is 14.4 Å². The van der Waals surface area contributed by atoms with Crippen LogP contribution in [0.1, 0.15) is 53.4 Å². The molecule has 1 atom stereocenters. The molecule has 1 aromatic rings. The molecule has 142 valence electrons. The van der Waals surface area contributed by atoms with Crippen molar-refractivity contribution < 1.29 is 14.3 Å². The van der Waals surface area contributed by atoms with Gasteiger partial charge >= 0.3 is 6.09 Å². The molecule has 0 fully saturated rings. The second-order valence-corrected chi connectivity index (χ2v) is 6.26. The van der Waals surface area contributed by atoms with Gasteiger partial charge in [0.25, 0.3) is 0 Å². The minimum Gasteiger partial charge on any atom is -0.494 e. The maximum Gasteiger partial charge on any atom is 0.411 e. The van der Waals surface area contributed by atoms with Crippen molar-refractivity contribution in [1.82, 2.24) is 4.90 Å². The highest BCUT2D eigenvalue weighted by Gasteiger charge is 2.12. The van der Waals surface area contributed by atoms with Gasteiger partial charge in [0.15, 0.2) is 0 Å². The molecule has 0 heterocycles. The highest BCUT2D eigenvalue weighted by atomic mass is 16.6. The number of benzene rings is 1. The molecule has 1 N–H and O–H groups in total. The van der Waals surface area contributed by atoms with E-state index < -0.39 is 6.09 Å². The first-order valence-electron chi connectivity index (χ1n) is 9.51. The summed E-state index contributed by atoms with van der Waals surface area (Å²) in [5, 5.41) is 2.76. The predicted octanol–water partition coefficient (Wildman–Crippen LogP) is 4.92. The largest absolute Gasteiger partial charge is 0.494 e. The van der Waals surface area contributed by atoms with Crippen LogP contribution in [0, 0.1) is 0 Å². The molecule has 0 saturated heterocycles. The Labute approximate surface area is 152 Å². The SMILES string of the molecule is CCCCCCOc1ccc(NC(=O)OC(C)CN(CC)CC)cc1. The van der Waals surface area contributed by atoms with Crippen molar-refractivity contribution in [3.8, 4) is 5.75 Å². The lowest BCUT2D eigenvalue weighted by molar-refractivity contribution is 0.0929.